The normalized spacial score (nSPS) is 12.9. The maximum absolute atomic E-state index is 9.67. The average Bonchev–Trinajstić information content (AvgIpc) is 2.29. The molecule has 0 saturated carbocycles. The Labute approximate surface area is 109 Å². The van der Waals surface area contributed by atoms with E-state index in [1.807, 2.05) is 17.8 Å². The van der Waals surface area contributed by atoms with E-state index in [1.54, 1.807) is 0 Å². The molecule has 2 N–H and O–H groups in total. The highest BCUT2D eigenvalue weighted by atomic mass is 32.2. The Bertz CT molecular complexity index is 290. The lowest BCUT2D eigenvalue weighted by atomic mass is 10.1. The van der Waals surface area contributed by atoms with Gasteiger partial charge in [0.2, 0.25) is 0 Å². The minimum Gasteiger partial charge on any atom is -0.392 e. The van der Waals surface area contributed by atoms with Gasteiger partial charge in [-0.25, -0.2) is 0 Å². The molecule has 1 aromatic rings. The standard InChI is InChI=1S/C14H23NOS/c1-12(2)10-13(16)11-15-8-9-17-14-6-4-3-5-7-14/h3-7,12-13,15-16H,8-11H2,1-2H3. The molecule has 0 amide bonds. The van der Waals surface area contributed by atoms with Gasteiger partial charge in [-0.1, -0.05) is 32.0 Å². The molecule has 1 rings (SSSR count). The van der Waals surface area contributed by atoms with Crippen molar-refractivity contribution < 1.29 is 5.11 Å². The van der Waals surface area contributed by atoms with Gasteiger partial charge in [-0.3, -0.25) is 0 Å². The predicted octanol–water partition coefficient (Wildman–Crippen LogP) is 2.78. The molecule has 3 heteroatoms. The first-order valence-electron chi connectivity index (χ1n) is 6.25. The second kappa shape index (κ2) is 8.56. The third-order valence-electron chi connectivity index (χ3n) is 2.41. The molecule has 0 radical (unpaired) electrons. The van der Waals surface area contributed by atoms with Gasteiger partial charge in [0.05, 0.1) is 6.10 Å². The third-order valence-corrected chi connectivity index (χ3v) is 3.43. The molecule has 0 aliphatic rings. The van der Waals surface area contributed by atoms with E-state index < -0.39 is 0 Å². The van der Waals surface area contributed by atoms with E-state index in [0.29, 0.717) is 12.5 Å². The fourth-order valence-electron chi connectivity index (χ4n) is 1.65. The molecule has 1 aromatic carbocycles. The monoisotopic (exact) mass is 253 g/mol. The maximum atomic E-state index is 9.67. The highest BCUT2D eigenvalue weighted by molar-refractivity contribution is 7.99. The molecule has 2 nitrogen and oxygen atoms in total. The van der Waals surface area contributed by atoms with E-state index in [1.165, 1.54) is 4.90 Å². The number of aliphatic hydroxyl groups excluding tert-OH is 1. The van der Waals surface area contributed by atoms with Crippen LogP contribution in [0.4, 0.5) is 0 Å². The Hall–Kier alpha value is -0.510. The SMILES string of the molecule is CC(C)CC(O)CNCCSc1ccccc1. The third kappa shape index (κ3) is 7.42. The first-order valence-corrected chi connectivity index (χ1v) is 7.23. The second-order valence-electron chi connectivity index (χ2n) is 4.65. The first kappa shape index (κ1) is 14.6. The zero-order valence-electron chi connectivity index (χ0n) is 10.7. The summed E-state index contributed by atoms with van der Waals surface area (Å²) in [7, 11) is 0. The van der Waals surface area contributed by atoms with Crippen LogP contribution in [-0.2, 0) is 0 Å². The van der Waals surface area contributed by atoms with Crippen LogP contribution in [-0.4, -0.2) is 30.1 Å². The lowest BCUT2D eigenvalue weighted by molar-refractivity contribution is 0.147. The molecular formula is C14H23NOS. The topological polar surface area (TPSA) is 32.3 Å². The lowest BCUT2D eigenvalue weighted by Crippen LogP contribution is -2.29. The molecule has 0 heterocycles. The molecular weight excluding hydrogens is 230 g/mol. The van der Waals surface area contributed by atoms with Crippen molar-refractivity contribution in [3.05, 3.63) is 30.3 Å². The van der Waals surface area contributed by atoms with Gasteiger partial charge in [0, 0.05) is 23.7 Å². The number of hydrogen-bond acceptors (Lipinski definition) is 3. The van der Waals surface area contributed by atoms with Crippen LogP contribution >= 0.6 is 11.8 Å². The average molecular weight is 253 g/mol. The summed E-state index contributed by atoms with van der Waals surface area (Å²) in [5, 5.41) is 13.0. The Balaban J connectivity index is 2.01. The number of benzene rings is 1. The maximum Gasteiger partial charge on any atom is 0.0667 e. The van der Waals surface area contributed by atoms with Gasteiger partial charge in [0.1, 0.15) is 0 Å². The van der Waals surface area contributed by atoms with Crippen LogP contribution in [0.1, 0.15) is 20.3 Å². The van der Waals surface area contributed by atoms with Crippen LogP contribution in [0.25, 0.3) is 0 Å². The van der Waals surface area contributed by atoms with Crippen LogP contribution in [0.5, 0.6) is 0 Å². The van der Waals surface area contributed by atoms with Crippen LogP contribution < -0.4 is 5.32 Å². The number of nitrogens with one attached hydrogen (secondary N) is 1. The Morgan fingerprint density at radius 1 is 1.24 bits per heavy atom. The predicted molar refractivity (Wildman–Crippen MR) is 75.5 cm³/mol. The van der Waals surface area contributed by atoms with Crippen LogP contribution in [0.2, 0.25) is 0 Å². The smallest absolute Gasteiger partial charge is 0.0667 e. The van der Waals surface area contributed by atoms with E-state index in [9.17, 15) is 5.11 Å². The molecule has 1 unspecified atom stereocenters. The minimum absolute atomic E-state index is 0.211. The summed E-state index contributed by atoms with van der Waals surface area (Å²) in [6, 6.07) is 10.4. The Morgan fingerprint density at radius 3 is 2.59 bits per heavy atom. The molecule has 0 fully saturated rings. The van der Waals surface area contributed by atoms with E-state index in [2.05, 4.69) is 43.4 Å². The molecule has 1 atom stereocenters. The number of rotatable bonds is 8. The summed E-state index contributed by atoms with van der Waals surface area (Å²) in [5.74, 6) is 1.60. The van der Waals surface area contributed by atoms with Crippen molar-refractivity contribution in [1.29, 1.82) is 0 Å². The van der Waals surface area contributed by atoms with Crippen molar-refractivity contribution in [3.63, 3.8) is 0 Å². The summed E-state index contributed by atoms with van der Waals surface area (Å²) in [6.07, 6.45) is 0.662. The summed E-state index contributed by atoms with van der Waals surface area (Å²) in [5.41, 5.74) is 0. The zero-order valence-corrected chi connectivity index (χ0v) is 11.5. The largest absolute Gasteiger partial charge is 0.392 e. The van der Waals surface area contributed by atoms with E-state index in [-0.39, 0.29) is 6.10 Å². The van der Waals surface area contributed by atoms with Crippen LogP contribution in [0, 0.1) is 5.92 Å². The molecule has 96 valence electrons. The highest BCUT2D eigenvalue weighted by Gasteiger charge is 2.05. The lowest BCUT2D eigenvalue weighted by Gasteiger charge is -2.13. The van der Waals surface area contributed by atoms with Crippen LogP contribution in [0.3, 0.4) is 0 Å². The molecule has 0 aliphatic carbocycles. The van der Waals surface area contributed by atoms with Crippen molar-refractivity contribution in [3.8, 4) is 0 Å². The van der Waals surface area contributed by atoms with Gasteiger partial charge >= 0.3 is 0 Å². The van der Waals surface area contributed by atoms with Crippen molar-refractivity contribution in [2.24, 2.45) is 5.92 Å². The van der Waals surface area contributed by atoms with Crippen molar-refractivity contribution >= 4 is 11.8 Å². The van der Waals surface area contributed by atoms with E-state index >= 15 is 0 Å². The van der Waals surface area contributed by atoms with Gasteiger partial charge in [-0.2, -0.15) is 0 Å². The summed E-state index contributed by atoms with van der Waals surface area (Å²) >= 11 is 1.84. The number of thioether (sulfide) groups is 1. The van der Waals surface area contributed by atoms with E-state index in [0.717, 1.165) is 18.7 Å². The van der Waals surface area contributed by atoms with Gasteiger partial charge in [-0.05, 0) is 24.5 Å². The van der Waals surface area contributed by atoms with Crippen LogP contribution in [0.15, 0.2) is 35.2 Å². The van der Waals surface area contributed by atoms with Gasteiger partial charge in [0.15, 0.2) is 0 Å². The molecule has 0 bridgehead atoms. The fourth-order valence-corrected chi connectivity index (χ4v) is 2.49. The Kier molecular flexibility index (Phi) is 7.33. The van der Waals surface area contributed by atoms with Crippen molar-refractivity contribution in [2.45, 2.75) is 31.3 Å². The van der Waals surface area contributed by atoms with Gasteiger partial charge < -0.3 is 10.4 Å². The highest BCUT2D eigenvalue weighted by Crippen LogP contribution is 2.15. The minimum atomic E-state index is -0.211. The van der Waals surface area contributed by atoms with Crippen molar-refractivity contribution in [1.82, 2.24) is 5.32 Å². The number of hydrogen-bond donors (Lipinski definition) is 2. The molecule has 0 saturated heterocycles. The molecule has 0 spiro atoms. The Morgan fingerprint density at radius 2 is 1.94 bits per heavy atom. The fraction of sp³-hybridized carbons (Fsp3) is 0.571. The second-order valence-corrected chi connectivity index (χ2v) is 5.82. The van der Waals surface area contributed by atoms with E-state index in [4.69, 9.17) is 0 Å². The van der Waals surface area contributed by atoms with Gasteiger partial charge in [0.25, 0.3) is 0 Å². The molecule has 17 heavy (non-hydrogen) atoms. The van der Waals surface area contributed by atoms with Crippen molar-refractivity contribution in [2.75, 3.05) is 18.8 Å². The zero-order chi connectivity index (χ0) is 12.5. The molecule has 0 aliphatic heterocycles. The summed E-state index contributed by atoms with van der Waals surface area (Å²) in [4.78, 5) is 1.30. The van der Waals surface area contributed by atoms with Gasteiger partial charge in [-0.15, -0.1) is 11.8 Å². The summed E-state index contributed by atoms with van der Waals surface area (Å²) < 4.78 is 0. The molecule has 0 aromatic heterocycles. The number of aliphatic hydroxyl groups is 1. The summed E-state index contributed by atoms with van der Waals surface area (Å²) in [6.45, 7) is 5.91. The first-order chi connectivity index (χ1) is 8.18. The quantitative estimate of drug-likeness (QED) is 0.552.